The highest BCUT2D eigenvalue weighted by Crippen LogP contribution is 2.16. The van der Waals surface area contributed by atoms with E-state index in [4.69, 9.17) is 9.47 Å². The SMILES string of the molecule is CCCCCCCCCCCCCCCCCCOC[C@@H](O)COCc1cc(F)cc(S(C)(=O)=O)c1. The van der Waals surface area contributed by atoms with Crippen LogP contribution in [0.3, 0.4) is 0 Å². The normalized spacial score (nSPS) is 12.8. The summed E-state index contributed by atoms with van der Waals surface area (Å²) in [5, 5.41) is 9.98. The van der Waals surface area contributed by atoms with Gasteiger partial charge >= 0.3 is 0 Å². The average molecular weight is 531 g/mol. The first kappa shape index (κ1) is 33.0. The van der Waals surface area contributed by atoms with E-state index < -0.39 is 21.8 Å². The largest absolute Gasteiger partial charge is 0.388 e. The smallest absolute Gasteiger partial charge is 0.175 e. The molecule has 210 valence electrons. The highest BCUT2D eigenvalue weighted by Gasteiger charge is 2.11. The lowest BCUT2D eigenvalue weighted by Gasteiger charge is -2.12. The van der Waals surface area contributed by atoms with Crippen LogP contribution < -0.4 is 0 Å². The zero-order chi connectivity index (χ0) is 26.5. The number of ether oxygens (including phenoxy) is 2. The second kappa shape index (κ2) is 21.0. The molecule has 0 aliphatic heterocycles. The molecule has 0 heterocycles. The summed E-state index contributed by atoms with van der Waals surface area (Å²) < 4.78 is 47.7. The Balaban J connectivity index is 1.89. The summed E-state index contributed by atoms with van der Waals surface area (Å²) in [6, 6.07) is 3.60. The number of rotatable bonds is 24. The molecule has 0 bridgehead atoms. The van der Waals surface area contributed by atoms with Gasteiger partial charge in [0.1, 0.15) is 11.9 Å². The van der Waals surface area contributed by atoms with Gasteiger partial charge in [0.25, 0.3) is 0 Å². The number of hydrogen-bond donors (Lipinski definition) is 1. The molecule has 0 spiro atoms. The molecule has 0 fully saturated rings. The van der Waals surface area contributed by atoms with E-state index in [-0.39, 0.29) is 24.7 Å². The zero-order valence-electron chi connectivity index (χ0n) is 22.8. The number of aliphatic hydroxyl groups is 1. The van der Waals surface area contributed by atoms with Gasteiger partial charge in [-0.15, -0.1) is 0 Å². The van der Waals surface area contributed by atoms with Crippen molar-refractivity contribution in [3.05, 3.63) is 29.6 Å². The molecule has 7 heteroatoms. The standard InChI is InChI=1S/C29H51FO5S/c1-3-4-5-6-7-8-9-10-11-12-13-14-15-16-17-18-19-34-24-28(31)25-35-23-26-20-27(30)22-29(21-26)36(2,32)33/h20-22,28,31H,3-19,23-25H2,1-2H3/t28-/m1/s1. The van der Waals surface area contributed by atoms with Crippen molar-refractivity contribution in [2.45, 2.75) is 127 Å². The lowest BCUT2D eigenvalue weighted by atomic mass is 10.0. The molecule has 0 aromatic heterocycles. The van der Waals surface area contributed by atoms with Gasteiger partial charge in [0.2, 0.25) is 0 Å². The van der Waals surface area contributed by atoms with Crippen LogP contribution in [0.4, 0.5) is 4.39 Å². The van der Waals surface area contributed by atoms with E-state index in [1.807, 2.05) is 0 Å². The number of sulfone groups is 1. The Labute approximate surface area is 220 Å². The van der Waals surface area contributed by atoms with Gasteiger partial charge in [0, 0.05) is 12.9 Å². The molecule has 5 nitrogen and oxygen atoms in total. The highest BCUT2D eigenvalue weighted by atomic mass is 32.2. The second-order valence-electron chi connectivity index (χ2n) is 10.1. The summed E-state index contributed by atoms with van der Waals surface area (Å²) in [7, 11) is -3.49. The predicted octanol–water partition coefficient (Wildman–Crippen LogP) is 7.38. The van der Waals surface area contributed by atoms with Crippen molar-refractivity contribution in [3.63, 3.8) is 0 Å². The van der Waals surface area contributed by atoms with Gasteiger partial charge in [0.15, 0.2) is 9.84 Å². The first-order chi connectivity index (χ1) is 17.3. The van der Waals surface area contributed by atoms with Gasteiger partial charge in [-0.1, -0.05) is 103 Å². The summed E-state index contributed by atoms with van der Waals surface area (Å²) >= 11 is 0. The number of aliphatic hydroxyl groups excluding tert-OH is 1. The predicted molar refractivity (Wildman–Crippen MR) is 146 cm³/mol. The average Bonchev–Trinajstić information content (AvgIpc) is 2.82. The lowest BCUT2D eigenvalue weighted by Crippen LogP contribution is -2.22. The molecule has 0 amide bonds. The number of unbranched alkanes of at least 4 members (excludes halogenated alkanes) is 15. The Morgan fingerprint density at radius 2 is 1.22 bits per heavy atom. The third-order valence-corrected chi connectivity index (χ3v) is 7.48. The molecule has 36 heavy (non-hydrogen) atoms. The Bertz CT molecular complexity index is 769. The van der Waals surface area contributed by atoms with Crippen molar-refractivity contribution >= 4 is 9.84 Å². The molecule has 1 rings (SSSR count). The van der Waals surface area contributed by atoms with Crippen molar-refractivity contribution in [3.8, 4) is 0 Å². The van der Waals surface area contributed by atoms with E-state index in [0.29, 0.717) is 12.2 Å². The maximum Gasteiger partial charge on any atom is 0.175 e. The molecule has 0 aliphatic carbocycles. The van der Waals surface area contributed by atoms with Gasteiger partial charge in [0.05, 0.1) is 24.7 Å². The molecule has 0 unspecified atom stereocenters. The van der Waals surface area contributed by atoms with Crippen molar-refractivity contribution in [1.29, 1.82) is 0 Å². The topological polar surface area (TPSA) is 72.8 Å². The molecule has 0 aliphatic rings. The second-order valence-corrected chi connectivity index (χ2v) is 12.1. The van der Waals surface area contributed by atoms with Crippen LogP contribution in [-0.2, 0) is 25.9 Å². The highest BCUT2D eigenvalue weighted by molar-refractivity contribution is 7.90. The van der Waals surface area contributed by atoms with Gasteiger partial charge in [-0.3, -0.25) is 0 Å². The number of halogens is 1. The third kappa shape index (κ3) is 18.3. The minimum Gasteiger partial charge on any atom is -0.388 e. The molecule has 1 atom stereocenters. The van der Waals surface area contributed by atoms with E-state index in [0.717, 1.165) is 25.2 Å². The van der Waals surface area contributed by atoms with Gasteiger partial charge < -0.3 is 14.6 Å². The van der Waals surface area contributed by atoms with Crippen LogP contribution in [0.1, 0.15) is 115 Å². The Kier molecular flexibility index (Phi) is 19.2. The zero-order valence-corrected chi connectivity index (χ0v) is 23.6. The van der Waals surface area contributed by atoms with E-state index in [1.54, 1.807) is 0 Å². The van der Waals surface area contributed by atoms with E-state index >= 15 is 0 Å². The summed E-state index contributed by atoms with van der Waals surface area (Å²) in [5.74, 6) is -0.626. The Hall–Kier alpha value is -1.02. The lowest BCUT2D eigenvalue weighted by molar-refractivity contribution is -0.0240. The first-order valence-corrected chi connectivity index (χ1v) is 16.0. The fourth-order valence-electron chi connectivity index (χ4n) is 4.25. The molecule has 1 aromatic carbocycles. The van der Waals surface area contributed by atoms with Crippen molar-refractivity contribution in [2.24, 2.45) is 0 Å². The van der Waals surface area contributed by atoms with Crippen LogP contribution >= 0.6 is 0 Å². The first-order valence-electron chi connectivity index (χ1n) is 14.2. The van der Waals surface area contributed by atoms with Crippen LogP contribution in [0.15, 0.2) is 23.1 Å². The molecule has 0 saturated carbocycles. The van der Waals surface area contributed by atoms with Crippen LogP contribution in [0.25, 0.3) is 0 Å². The van der Waals surface area contributed by atoms with Crippen molar-refractivity contribution < 1.29 is 27.4 Å². The summed E-state index contributed by atoms with van der Waals surface area (Å²) in [5.41, 5.74) is 0.414. The van der Waals surface area contributed by atoms with Gasteiger partial charge in [-0.05, 0) is 30.2 Å². The Morgan fingerprint density at radius 1 is 0.750 bits per heavy atom. The van der Waals surface area contributed by atoms with E-state index in [2.05, 4.69) is 6.92 Å². The van der Waals surface area contributed by atoms with Crippen molar-refractivity contribution in [1.82, 2.24) is 0 Å². The van der Waals surface area contributed by atoms with Crippen LogP contribution in [0, 0.1) is 5.82 Å². The molecule has 0 radical (unpaired) electrons. The fraction of sp³-hybridized carbons (Fsp3) is 0.793. The fourth-order valence-corrected chi connectivity index (χ4v) is 4.94. The maximum absolute atomic E-state index is 13.6. The van der Waals surface area contributed by atoms with Gasteiger partial charge in [-0.2, -0.15) is 0 Å². The summed E-state index contributed by atoms with van der Waals surface area (Å²) in [4.78, 5) is -0.0798. The molecular formula is C29H51FO5S. The minimum absolute atomic E-state index is 0.0243. The minimum atomic E-state index is -3.49. The van der Waals surface area contributed by atoms with E-state index in [9.17, 15) is 17.9 Å². The van der Waals surface area contributed by atoms with E-state index in [1.165, 1.54) is 102 Å². The molecule has 0 saturated heterocycles. The van der Waals surface area contributed by atoms with Crippen LogP contribution in [0.2, 0.25) is 0 Å². The number of hydrogen-bond acceptors (Lipinski definition) is 5. The third-order valence-electron chi connectivity index (χ3n) is 6.39. The maximum atomic E-state index is 13.6. The summed E-state index contributed by atoms with van der Waals surface area (Å²) in [6.07, 6.45) is 21.6. The number of benzene rings is 1. The quantitative estimate of drug-likeness (QED) is 0.141. The summed E-state index contributed by atoms with van der Waals surface area (Å²) in [6.45, 7) is 3.15. The molecule has 1 aromatic rings. The monoisotopic (exact) mass is 530 g/mol. The van der Waals surface area contributed by atoms with Crippen LogP contribution in [0.5, 0.6) is 0 Å². The van der Waals surface area contributed by atoms with Crippen LogP contribution in [-0.4, -0.2) is 45.7 Å². The van der Waals surface area contributed by atoms with Crippen molar-refractivity contribution in [2.75, 3.05) is 26.1 Å². The molecular weight excluding hydrogens is 479 g/mol. The Morgan fingerprint density at radius 3 is 1.72 bits per heavy atom. The van der Waals surface area contributed by atoms with Gasteiger partial charge in [-0.25, -0.2) is 12.8 Å². The molecule has 1 N–H and O–H groups in total.